The minimum absolute atomic E-state index is 0.0979. The second-order valence-electron chi connectivity index (χ2n) is 6.07. The van der Waals surface area contributed by atoms with Crippen LogP contribution in [0.15, 0.2) is 35.9 Å². The average Bonchev–Trinajstić information content (AvgIpc) is 2.42. The van der Waals surface area contributed by atoms with E-state index in [1.54, 1.807) is 13.0 Å². The molecule has 0 fully saturated rings. The van der Waals surface area contributed by atoms with Gasteiger partial charge in [0, 0.05) is 12.1 Å². The van der Waals surface area contributed by atoms with Crippen LogP contribution in [0.1, 0.15) is 51.8 Å². The van der Waals surface area contributed by atoms with E-state index in [0.717, 1.165) is 5.56 Å². The third-order valence-corrected chi connectivity index (χ3v) is 3.41. The summed E-state index contributed by atoms with van der Waals surface area (Å²) in [6.45, 7) is 10.2. The number of aliphatic hydroxyl groups is 1. The topological polar surface area (TPSA) is 49.3 Å². The van der Waals surface area contributed by atoms with Crippen molar-refractivity contribution < 1.29 is 9.90 Å². The minimum Gasteiger partial charge on any atom is -0.387 e. The van der Waals surface area contributed by atoms with Crippen LogP contribution >= 0.6 is 0 Å². The van der Waals surface area contributed by atoms with E-state index in [9.17, 15) is 9.90 Å². The first-order chi connectivity index (χ1) is 9.25. The van der Waals surface area contributed by atoms with E-state index in [0.29, 0.717) is 5.57 Å². The van der Waals surface area contributed by atoms with Crippen LogP contribution in [0.5, 0.6) is 0 Å². The normalized spacial score (nSPS) is 14.0. The highest BCUT2D eigenvalue weighted by Crippen LogP contribution is 2.23. The van der Waals surface area contributed by atoms with E-state index < -0.39 is 6.10 Å². The zero-order valence-electron chi connectivity index (χ0n) is 13.0. The van der Waals surface area contributed by atoms with Crippen LogP contribution in [0.25, 0.3) is 0 Å². The van der Waals surface area contributed by atoms with Crippen LogP contribution in [-0.4, -0.2) is 17.6 Å². The lowest BCUT2D eigenvalue weighted by atomic mass is 9.86. The molecule has 0 heterocycles. The van der Waals surface area contributed by atoms with Gasteiger partial charge in [-0.2, -0.15) is 0 Å². The fourth-order valence-corrected chi connectivity index (χ4v) is 1.78. The number of hydrogen-bond donors (Lipinski definition) is 2. The number of carbonyl (C=O) groups excluding carboxylic acids is 1. The van der Waals surface area contributed by atoms with Crippen LogP contribution in [-0.2, 0) is 10.2 Å². The van der Waals surface area contributed by atoms with Crippen molar-refractivity contribution in [2.45, 2.75) is 46.1 Å². The van der Waals surface area contributed by atoms with Crippen LogP contribution in [0.3, 0.4) is 0 Å². The predicted octanol–water partition coefficient (Wildman–Crippen LogP) is 3.10. The molecule has 3 heteroatoms. The molecule has 1 unspecified atom stereocenters. The highest BCUT2D eigenvalue weighted by atomic mass is 16.3. The summed E-state index contributed by atoms with van der Waals surface area (Å²) in [4.78, 5) is 11.6. The monoisotopic (exact) mass is 275 g/mol. The first-order valence-corrected chi connectivity index (χ1v) is 6.95. The lowest BCUT2D eigenvalue weighted by Crippen LogP contribution is -2.28. The lowest BCUT2D eigenvalue weighted by molar-refractivity contribution is -0.117. The molecule has 1 atom stereocenters. The number of amides is 1. The Bertz CT molecular complexity index is 481. The molecule has 1 amide bonds. The Balaban J connectivity index is 2.65. The molecule has 0 aliphatic carbocycles. The Morgan fingerprint density at radius 2 is 1.85 bits per heavy atom. The van der Waals surface area contributed by atoms with Crippen molar-refractivity contribution in [3.05, 3.63) is 47.0 Å². The van der Waals surface area contributed by atoms with Crippen molar-refractivity contribution >= 4 is 5.91 Å². The van der Waals surface area contributed by atoms with Crippen molar-refractivity contribution in [1.29, 1.82) is 0 Å². The van der Waals surface area contributed by atoms with Gasteiger partial charge in [0.2, 0.25) is 5.91 Å². The molecular formula is C17H25NO2. The van der Waals surface area contributed by atoms with Gasteiger partial charge >= 0.3 is 0 Å². The molecule has 1 aromatic rings. The Morgan fingerprint density at radius 3 is 2.30 bits per heavy atom. The van der Waals surface area contributed by atoms with E-state index in [1.807, 2.05) is 31.2 Å². The van der Waals surface area contributed by atoms with Gasteiger partial charge in [-0.15, -0.1) is 0 Å². The van der Waals surface area contributed by atoms with Gasteiger partial charge in [-0.25, -0.2) is 0 Å². The van der Waals surface area contributed by atoms with E-state index in [2.05, 4.69) is 26.1 Å². The van der Waals surface area contributed by atoms with E-state index in [1.165, 1.54) is 5.56 Å². The number of hydrogen-bond acceptors (Lipinski definition) is 2. The summed E-state index contributed by atoms with van der Waals surface area (Å²) in [5, 5.41) is 12.8. The molecular weight excluding hydrogens is 250 g/mol. The van der Waals surface area contributed by atoms with E-state index in [-0.39, 0.29) is 17.9 Å². The fourth-order valence-electron chi connectivity index (χ4n) is 1.78. The predicted molar refractivity (Wildman–Crippen MR) is 82.5 cm³/mol. The SMILES string of the molecule is C/C=C(/C)C(=O)NCC(O)c1ccc(C(C)(C)C)cc1. The first-order valence-electron chi connectivity index (χ1n) is 6.95. The number of benzene rings is 1. The smallest absolute Gasteiger partial charge is 0.246 e. The maximum Gasteiger partial charge on any atom is 0.246 e. The molecule has 0 aromatic heterocycles. The third-order valence-electron chi connectivity index (χ3n) is 3.41. The van der Waals surface area contributed by atoms with Crippen molar-refractivity contribution in [3.8, 4) is 0 Å². The van der Waals surface area contributed by atoms with Gasteiger partial charge in [0.15, 0.2) is 0 Å². The highest BCUT2D eigenvalue weighted by Gasteiger charge is 2.15. The van der Waals surface area contributed by atoms with Crippen molar-refractivity contribution in [1.82, 2.24) is 5.32 Å². The molecule has 20 heavy (non-hydrogen) atoms. The van der Waals surface area contributed by atoms with Gasteiger partial charge in [0.1, 0.15) is 0 Å². The molecule has 110 valence electrons. The summed E-state index contributed by atoms with van der Waals surface area (Å²) < 4.78 is 0. The minimum atomic E-state index is -0.683. The van der Waals surface area contributed by atoms with Gasteiger partial charge < -0.3 is 10.4 Å². The Labute approximate surface area is 121 Å². The molecule has 2 N–H and O–H groups in total. The van der Waals surface area contributed by atoms with E-state index >= 15 is 0 Å². The highest BCUT2D eigenvalue weighted by molar-refractivity contribution is 5.92. The van der Waals surface area contributed by atoms with Gasteiger partial charge in [-0.05, 0) is 30.4 Å². The Hall–Kier alpha value is -1.61. The second kappa shape index (κ2) is 6.71. The van der Waals surface area contributed by atoms with Crippen LogP contribution < -0.4 is 5.32 Å². The average molecular weight is 275 g/mol. The Kier molecular flexibility index (Phi) is 5.52. The molecule has 0 aliphatic heterocycles. The Morgan fingerprint density at radius 1 is 1.30 bits per heavy atom. The van der Waals surface area contributed by atoms with Crippen LogP contribution in [0.2, 0.25) is 0 Å². The molecule has 1 rings (SSSR count). The summed E-state index contributed by atoms with van der Waals surface area (Å²) in [5.74, 6) is -0.141. The zero-order valence-corrected chi connectivity index (χ0v) is 13.0. The summed E-state index contributed by atoms with van der Waals surface area (Å²) in [7, 11) is 0. The van der Waals surface area contributed by atoms with Crippen LogP contribution in [0, 0.1) is 0 Å². The molecule has 3 nitrogen and oxygen atoms in total. The van der Waals surface area contributed by atoms with Gasteiger partial charge in [-0.3, -0.25) is 4.79 Å². The third kappa shape index (κ3) is 4.49. The first kappa shape index (κ1) is 16.4. The summed E-state index contributed by atoms with van der Waals surface area (Å²) in [6, 6.07) is 7.88. The van der Waals surface area contributed by atoms with Gasteiger partial charge in [-0.1, -0.05) is 51.1 Å². The van der Waals surface area contributed by atoms with Gasteiger partial charge in [0.05, 0.1) is 6.10 Å². The van der Waals surface area contributed by atoms with Crippen molar-refractivity contribution in [3.63, 3.8) is 0 Å². The number of allylic oxidation sites excluding steroid dienone is 1. The lowest BCUT2D eigenvalue weighted by Gasteiger charge is -2.20. The van der Waals surface area contributed by atoms with Crippen molar-refractivity contribution in [2.75, 3.05) is 6.54 Å². The van der Waals surface area contributed by atoms with Crippen molar-refractivity contribution in [2.24, 2.45) is 0 Å². The van der Waals surface area contributed by atoms with E-state index in [4.69, 9.17) is 0 Å². The molecule has 0 saturated carbocycles. The number of carbonyl (C=O) groups is 1. The van der Waals surface area contributed by atoms with Crippen LogP contribution in [0.4, 0.5) is 0 Å². The molecule has 0 spiro atoms. The maximum atomic E-state index is 11.6. The molecule has 0 bridgehead atoms. The largest absolute Gasteiger partial charge is 0.387 e. The standard InChI is InChI=1S/C17H25NO2/c1-6-12(2)16(20)18-11-15(19)13-7-9-14(10-8-13)17(3,4)5/h6-10,15,19H,11H2,1-5H3,(H,18,20)/b12-6-. The number of nitrogens with one attached hydrogen (secondary N) is 1. The number of rotatable bonds is 4. The molecule has 0 radical (unpaired) electrons. The summed E-state index contributed by atoms with van der Waals surface area (Å²) >= 11 is 0. The number of aliphatic hydroxyl groups excluding tert-OH is 1. The summed E-state index contributed by atoms with van der Waals surface area (Å²) in [6.07, 6.45) is 1.07. The quantitative estimate of drug-likeness (QED) is 0.830. The fraction of sp³-hybridized carbons (Fsp3) is 0.471. The zero-order chi connectivity index (χ0) is 15.3. The van der Waals surface area contributed by atoms with Gasteiger partial charge in [0.25, 0.3) is 0 Å². The maximum absolute atomic E-state index is 11.6. The summed E-state index contributed by atoms with van der Waals surface area (Å²) in [5.41, 5.74) is 2.79. The molecule has 1 aromatic carbocycles. The molecule has 0 saturated heterocycles. The second-order valence-corrected chi connectivity index (χ2v) is 6.07. The molecule has 0 aliphatic rings.